The Morgan fingerprint density at radius 2 is 2.04 bits per heavy atom. The number of hydrogen-bond donors (Lipinski definition) is 4. The summed E-state index contributed by atoms with van der Waals surface area (Å²) in [6, 6.07) is 6.79. The summed E-state index contributed by atoms with van der Waals surface area (Å²) in [6.45, 7) is 0. The maximum atomic E-state index is 12.6. The number of hydrogen-bond acceptors (Lipinski definition) is 4. The normalized spacial score (nSPS) is 23.2. The molecule has 3 rings (SSSR count). The Morgan fingerprint density at radius 3 is 2.73 bits per heavy atom. The minimum absolute atomic E-state index is 0.0253. The number of carbonyl (C=O) groups excluding carboxylic acids is 2. The van der Waals surface area contributed by atoms with Crippen molar-refractivity contribution in [1.29, 1.82) is 0 Å². The summed E-state index contributed by atoms with van der Waals surface area (Å²) in [7, 11) is 3.55. The number of rotatable bonds is 4. The average molecular weight is 378 g/mol. The first-order valence-corrected chi connectivity index (χ1v) is 9.04. The largest absolute Gasteiger partial charge is 0.351 e. The molecule has 1 aromatic heterocycles. The van der Waals surface area contributed by atoms with E-state index in [1.54, 1.807) is 31.2 Å². The van der Waals surface area contributed by atoms with Gasteiger partial charge in [-0.3, -0.25) is 15.0 Å². The second-order valence-corrected chi connectivity index (χ2v) is 7.48. The van der Waals surface area contributed by atoms with Crippen LogP contribution < -0.4 is 16.5 Å². The maximum Gasteiger partial charge on any atom is 0.268 e. The molecule has 0 spiro atoms. The molecule has 2 aromatic rings. The van der Waals surface area contributed by atoms with Crippen LogP contribution >= 0.6 is 11.6 Å². The lowest BCUT2D eigenvalue weighted by molar-refractivity contribution is -0.130. The molecule has 0 saturated heterocycles. The first-order valence-electron chi connectivity index (χ1n) is 8.66. The van der Waals surface area contributed by atoms with Crippen LogP contribution in [-0.4, -0.2) is 48.0 Å². The van der Waals surface area contributed by atoms with Crippen LogP contribution in [0.3, 0.4) is 0 Å². The fourth-order valence-corrected chi connectivity index (χ4v) is 3.59. The number of amides is 2. The van der Waals surface area contributed by atoms with Crippen LogP contribution in [0.1, 0.15) is 29.8 Å². The first-order chi connectivity index (χ1) is 12.3. The van der Waals surface area contributed by atoms with Gasteiger partial charge in [0.25, 0.3) is 5.91 Å². The molecule has 7 nitrogen and oxygen atoms in total. The quantitative estimate of drug-likeness (QED) is 0.608. The number of nitrogens with two attached hydrogens (primary N) is 1. The first kappa shape index (κ1) is 18.7. The Kier molecular flexibility index (Phi) is 5.50. The van der Waals surface area contributed by atoms with Crippen LogP contribution in [0.5, 0.6) is 0 Å². The number of aromatic amines is 1. The van der Waals surface area contributed by atoms with Gasteiger partial charge in [-0.05, 0) is 43.5 Å². The van der Waals surface area contributed by atoms with Gasteiger partial charge in [-0.25, -0.2) is 5.01 Å². The molecular weight excluding hydrogens is 354 g/mol. The number of nitrogens with one attached hydrogen (secondary N) is 3. The van der Waals surface area contributed by atoms with Crippen molar-refractivity contribution in [3.8, 4) is 0 Å². The van der Waals surface area contributed by atoms with Crippen molar-refractivity contribution >= 4 is 34.3 Å². The molecule has 1 aliphatic rings. The highest BCUT2D eigenvalue weighted by atomic mass is 35.5. The predicted octanol–water partition coefficient (Wildman–Crippen LogP) is 1.64. The zero-order valence-electron chi connectivity index (χ0n) is 14.9. The zero-order chi connectivity index (χ0) is 18.8. The Balaban J connectivity index is 1.61. The van der Waals surface area contributed by atoms with Crippen LogP contribution in [0.4, 0.5) is 0 Å². The minimum atomic E-state index is -0.260. The van der Waals surface area contributed by atoms with Crippen molar-refractivity contribution in [1.82, 2.24) is 20.7 Å². The van der Waals surface area contributed by atoms with Gasteiger partial charge >= 0.3 is 0 Å². The smallest absolute Gasteiger partial charge is 0.268 e. The lowest BCUT2D eigenvalue weighted by Gasteiger charge is -2.34. The summed E-state index contributed by atoms with van der Waals surface area (Å²) >= 11 is 5.99. The van der Waals surface area contributed by atoms with Gasteiger partial charge in [-0.2, -0.15) is 0 Å². The molecule has 0 bridgehead atoms. The molecule has 140 valence electrons. The third-order valence-corrected chi connectivity index (χ3v) is 4.98. The monoisotopic (exact) mass is 377 g/mol. The molecule has 26 heavy (non-hydrogen) atoms. The summed E-state index contributed by atoms with van der Waals surface area (Å²) in [4.78, 5) is 27.8. The molecule has 3 atom stereocenters. The van der Waals surface area contributed by atoms with Crippen molar-refractivity contribution in [2.75, 3.05) is 14.1 Å². The minimum Gasteiger partial charge on any atom is -0.351 e. The van der Waals surface area contributed by atoms with Crippen LogP contribution in [0, 0.1) is 5.92 Å². The third-order valence-electron chi connectivity index (χ3n) is 4.75. The molecule has 0 radical (unpaired) electrons. The number of H-pyrrole nitrogens is 1. The van der Waals surface area contributed by atoms with E-state index >= 15 is 0 Å². The molecule has 1 fully saturated rings. The fraction of sp³-hybridized carbons (Fsp3) is 0.444. The molecule has 1 saturated carbocycles. The molecule has 0 aliphatic heterocycles. The average Bonchev–Trinajstić information content (AvgIpc) is 2.99. The summed E-state index contributed by atoms with van der Waals surface area (Å²) in [6.07, 6.45) is 1.91. The van der Waals surface area contributed by atoms with E-state index in [0.29, 0.717) is 30.0 Å². The topological polar surface area (TPSA) is 103 Å². The number of fused-ring (bicyclic) bond motifs is 1. The Morgan fingerprint density at radius 1 is 1.27 bits per heavy atom. The number of nitrogens with zero attached hydrogens (tertiary/aromatic N) is 1. The van der Waals surface area contributed by atoms with Crippen molar-refractivity contribution in [3.63, 3.8) is 0 Å². The molecule has 5 N–H and O–H groups in total. The van der Waals surface area contributed by atoms with Crippen LogP contribution in [-0.2, 0) is 4.79 Å². The van der Waals surface area contributed by atoms with Crippen LogP contribution in [0.25, 0.3) is 10.9 Å². The van der Waals surface area contributed by atoms with E-state index in [-0.39, 0.29) is 29.8 Å². The number of benzene rings is 1. The van der Waals surface area contributed by atoms with Crippen molar-refractivity contribution in [2.24, 2.45) is 11.7 Å². The predicted molar refractivity (Wildman–Crippen MR) is 102 cm³/mol. The van der Waals surface area contributed by atoms with E-state index in [9.17, 15) is 9.59 Å². The van der Waals surface area contributed by atoms with Crippen LogP contribution in [0.15, 0.2) is 24.3 Å². The number of aromatic nitrogens is 1. The van der Waals surface area contributed by atoms with Gasteiger partial charge in [0.2, 0.25) is 5.91 Å². The maximum absolute atomic E-state index is 12.6. The van der Waals surface area contributed by atoms with E-state index in [0.717, 1.165) is 10.9 Å². The van der Waals surface area contributed by atoms with Crippen molar-refractivity contribution in [3.05, 3.63) is 35.0 Å². The summed E-state index contributed by atoms with van der Waals surface area (Å²) < 4.78 is 0. The number of carbonyl (C=O) groups is 2. The van der Waals surface area contributed by atoms with Crippen LogP contribution in [0.2, 0.25) is 5.02 Å². The highest BCUT2D eigenvalue weighted by Gasteiger charge is 2.33. The van der Waals surface area contributed by atoms with E-state index in [4.69, 9.17) is 17.3 Å². The number of halogens is 1. The Bertz CT molecular complexity index is 819. The summed E-state index contributed by atoms with van der Waals surface area (Å²) in [5, 5.41) is 6.13. The summed E-state index contributed by atoms with van der Waals surface area (Å²) in [5.41, 5.74) is 10.3. The molecule has 8 heteroatoms. The Labute approximate surface area is 157 Å². The molecule has 1 heterocycles. The van der Waals surface area contributed by atoms with Crippen molar-refractivity contribution in [2.45, 2.75) is 31.3 Å². The van der Waals surface area contributed by atoms with Crippen molar-refractivity contribution < 1.29 is 9.59 Å². The van der Waals surface area contributed by atoms with Gasteiger partial charge in [0.05, 0.1) is 0 Å². The van der Waals surface area contributed by atoms with E-state index in [1.165, 1.54) is 0 Å². The lowest BCUT2D eigenvalue weighted by Crippen LogP contribution is -2.53. The fourth-order valence-electron chi connectivity index (χ4n) is 3.41. The molecule has 3 unspecified atom stereocenters. The third kappa shape index (κ3) is 4.17. The second kappa shape index (κ2) is 7.65. The lowest BCUT2D eigenvalue weighted by atomic mass is 9.82. The second-order valence-electron chi connectivity index (χ2n) is 7.04. The van der Waals surface area contributed by atoms with Gasteiger partial charge in [0.15, 0.2) is 0 Å². The highest BCUT2D eigenvalue weighted by Crippen LogP contribution is 2.25. The highest BCUT2D eigenvalue weighted by molar-refractivity contribution is 6.31. The Hall–Kier alpha value is -2.09. The SMILES string of the molecule is CN(C)NC(=O)C1CCC(NC(=O)c2cc3cc(Cl)ccc3[nH]2)C(N)C1. The summed E-state index contributed by atoms with van der Waals surface area (Å²) in [5.74, 6) is -0.354. The molecular formula is C18H24ClN5O2. The van der Waals surface area contributed by atoms with Gasteiger partial charge in [0, 0.05) is 48.0 Å². The molecule has 1 aliphatic carbocycles. The van der Waals surface area contributed by atoms with E-state index in [1.807, 2.05) is 12.1 Å². The standard InChI is InChI=1S/C18H24ClN5O2/c1-24(2)23-17(25)10-3-5-15(13(20)8-10)22-18(26)16-9-11-7-12(19)4-6-14(11)21-16/h4,6-7,9-10,13,15,21H,3,5,8,20H2,1-2H3,(H,22,26)(H,23,25). The molecule has 1 aromatic carbocycles. The van der Waals surface area contributed by atoms with E-state index in [2.05, 4.69) is 15.7 Å². The van der Waals surface area contributed by atoms with Gasteiger partial charge in [0.1, 0.15) is 5.69 Å². The van der Waals surface area contributed by atoms with Gasteiger partial charge in [-0.1, -0.05) is 11.6 Å². The van der Waals surface area contributed by atoms with E-state index < -0.39 is 0 Å². The zero-order valence-corrected chi connectivity index (χ0v) is 15.6. The van der Waals surface area contributed by atoms with Gasteiger partial charge in [-0.15, -0.1) is 0 Å². The number of hydrazine groups is 1. The van der Waals surface area contributed by atoms with Gasteiger partial charge < -0.3 is 16.0 Å². The molecule has 2 amide bonds.